The van der Waals surface area contributed by atoms with Gasteiger partial charge in [-0.2, -0.15) is 0 Å². The van der Waals surface area contributed by atoms with Gasteiger partial charge in [0, 0.05) is 11.1 Å². The molecule has 1 saturated carbocycles. The van der Waals surface area contributed by atoms with Gasteiger partial charge in [-0.1, -0.05) is 35.9 Å². The van der Waals surface area contributed by atoms with Gasteiger partial charge < -0.3 is 9.84 Å². The van der Waals surface area contributed by atoms with E-state index in [2.05, 4.69) is 19.1 Å². The van der Waals surface area contributed by atoms with E-state index < -0.39 is 0 Å². The number of aryl methyl sites for hydroxylation is 1. The Morgan fingerprint density at radius 1 is 0.960 bits per heavy atom. The number of ether oxygens (including phenoxy) is 1. The summed E-state index contributed by atoms with van der Waals surface area (Å²) in [6.45, 7) is 2.05. The third-order valence-corrected chi connectivity index (χ3v) is 4.44. The molecule has 3 nitrogen and oxygen atoms in total. The molecule has 0 atom stereocenters. The quantitative estimate of drug-likeness (QED) is 0.810. The molecule has 0 unspecified atom stereocenters. The number of allylic oxidation sites excluding steroid dienone is 2. The molecule has 1 N–H and O–H groups in total. The minimum Gasteiger partial charge on any atom is -0.504 e. The third kappa shape index (κ3) is 4.00. The zero-order valence-electron chi connectivity index (χ0n) is 14.6. The average Bonchev–Trinajstić information content (AvgIpc) is 2.62. The van der Waals surface area contributed by atoms with E-state index in [4.69, 9.17) is 4.74 Å². The normalized spacial score (nSPS) is 17.9. The van der Waals surface area contributed by atoms with Crippen LogP contribution in [0.1, 0.15) is 36.0 Å². The Bertz CT molecular complexity index is 842. The van der Waals surface area contributed by atoms with Crippen molar-refractivity contribution in [2.24, 2.45) is 0 Å². The van der Waals surface area contributed by atoms with Gasteiger partial charge in [0.15, 0.2) is 17.3 Å². The summed E-state index contributed by atoms with van der Waals surface area (Å²) in [5, 5.41) is 9.70. The summed E-state index contributed by atoms with van der Waals surface area (Å²) < 4.78 is 5.14. The maximum absolute atomic E-state index is 12.8. The zero-order chi connectivity index (χ0) is 17.8. The van der Waals surface area contributed by atoms with Crippen LogP contribution < -0.4 is 4.74 Å². The van der Waals surface area contributed by atoms with Gasteiger partial charge in [0.2, 0.25) is 0 Å². The summed E-state index contributed by atoms with van der Waals surface area (Å²) in [6, 6.07) is 13.3. The van der Waals surface area contributed by atoms with E-state index in [1.165, 1.54) is 12.7 Å². The molecule has 25 heavy (non-hydrogen) atoms. The van der Waals surface area contributed by atoms with Crippen molar-refractivity contribution in [3.05, 3.63) is 70.3 Å². The highest BCUT2D eigenvalue weighted by atomic mass is 16.5. The molecule has 0 spiro atoms. The number of benzene rings is 2. The average molecular weight is 334 g/mol. The van der Waals surface area contributed by atoms with Crippen molar-refractivity contribution >= 4 is 17.9 Å². The van der Waals surface area contributed by atoms with Crippen LogP contribution >= 0.6 is 0 Å². The number of ketones is 1. The zero-order valence-corrected chi connectivity index (χ0v) is 14.6. The van der Waals surface area contributed by atoms with Gasteiger partial charge in [0.05, 0.1) is 7.11 Å². The highest BCUT2D eigenvalue weighted by Crippen LogP contribution is 2.31. The second-order valence-electron chi connectivity index (χ2n) is 6.36. The molecular formula is C22H22O3. The molecule has 0 saturated heterocycles. The van der Waals surface area contributed by atoms with Crippen LogP contribution in [0.4, 0.5) is 0 Å². The molecule has 2 aromatic carbocycles. The maximum Gasteiger partial charge on any atom is 0.185 e. The molecule has 0 aromatic heterocycles. The van der Waals surface area contributed by atoms with Crippen LogP contribution in [0.15, 0.2) is 53.6 Å². The number of hydrogen-bond acceptors (Lipinski definition) is 3. The fourth-order valence-corrected chi connectivity index (χ4v) is 3.03. The predicted molar refractivity (Wildman–Crippen MR) is 101 cm³/mol. The Labute approximate surface area is 148 Å². The smallest absolute Gasteiger partial charge is 0.185 e. The molecule has 128 valence electrons. The first-order chi connectivity index (χ1) is 12.1. The molecule has 1 fully saturated rings. The SMILES string of the molecule is COc1cc(/C=C2\CCC/C(=C\c3ccc(C)cc3)C2=O)ccc1O. The van der Waals surface area contributed by atoms with E-state index in [0.717, 1.165) is 41.5 Å². The molecule has 0 aliphatic heterocycles. The first kappa shape index (κ1) is 17.0. The Hall–Kier alpha value is -2.81. The van der Waals surface area contributed by atoms with Crippen molar-refractivity contribution < 1.29 is 14.6 Å². The number of methoxy groups -OCH3 is 1. The topological polar surface area (TPSA) is 46.5 Å². The highest BCUT2D eigenvalue weighted by Gasteiger charge is 2.20. The van der Waals surface area contributed by atoms with E-state index >= 15 is 0 Å². The second kappa shape index (κ2) is 7.39. The molecule has 1 aliphatic rings. The number of phenols is 1. The molecule has 3 heteroatoms. The van der Waals surface area contributed by atoms with E-state index in [-0.39, 0.29) is 11.5 Å². The van der Waals surface area contributed by atoms with Crippen LogP contribution in [0, 0.1) is 6.92 Å². The van der Waals surface area contributed by atoms with Crippen LogP contribution in [-0.2, 0) is 4.79 Å². The third-order valence-electron chi connectivity index (χ3n) is 4.44. The van der Waals surface area contributed by atoms with Gasteiger partial charge in [-0.05, 0) is 61.6 Å². The van der Waals surface area contributed by atoms with Crippen LogP contribution in [0.3, 0.4) is 0 Å². The number of hydrogen-bond donors (Lipinski definition) is 1. The minimum atomic E-state index is 0.0968. The van der Waals surface area contributed by atoms with Crippen LogP contribution in [-0.4, -0.2) is 18.0 Å². The summed E-state index contributed by atoms with van der Waals surface area (Å²) in [6.07, 6.45) is 6.43. The largest absolute Gasteiger partial charge is 0.504 e. The van der Waals surface area contributed by atoms with Crippen molar-refractivity contribution in [2.75, 3.05) is 7.11 Å². The van der Waals surface area contributed by atoms with Crippen molar-refractivity contribution in [3.63, 3.8) is 0 Å². The summed E-state index contributed by atoms with van der Waals surface area (Å²) in [5.41, 5.74) is 4.78. The van der Waals surface area contributed by atoms with E-state index in [1.807, 2.05) is 24.3 Å². The summed E-state index contributed by atoms with van der Waals surface area (Å²) in [5.74, 6) is 0.617. The fraction of sp³-hybridized carbons (Fsp3) is 0.227. The molecular weight excluding hydrogens is 312 g/mol. The van der Waals surface area contributed by atoms with Crippen molar-refractivity contribution in [1.29, 1.82) is 0 Å². The molecule has 0 bridgehead atoms. The molecule has 2 aromatic rings. The highest BCUT2D eigenvalue weighted by molar-refractivity contribution is 6.14. The van der Waals surface area contributed by atoms with Gasteiger partial charge in [0.1, 0.15) is 0 Å². The number of phenolic OH excluding ortho intramolecular Hbond substituents is 1. The van der Waals surface area contributed by atoms with Gasteiger partial charge >= 0.3 is 0 Å². The lowest BCUT2D eigenvalue weighted by molar-refractivity contribution is -0.112. The molecule has 0 heterocycles. The predicted octanol–water partition coefficient (Wildman–Crippen LogP) is 4.93. The number of carbonyl (C=O) groups is 1. The molecule has 0 amide bonds. The van der Waals surface area contributed by atoms with Gasteiger partial charge in [-0.3, -0.25) is 4.79 Å². The molecule has 3 rings (SSSR count). The fourth-order valence-electron chi connectivity index (χ4n) is 3.03. The lowest BCUT2D eigenvalue weighted by atomic mass is 9.87. The van der Waals surface area contributed by atoms with Crippen molar-refractivity contribution in [3.8, 4) is 11.5 Å². The van der Waals surface area contributed by atoms with E-state index in [9.17, 15) is 9.90 Å². The van der Waals surface area contributed by atoms with Gasteiger partial charge in [-0.15, -0.1) is 0 Å². The standard InChI is InChI=1S/C22H22O3/c1-15-6-8-16(9-7-15)12-18-4-3-5-19(22(18)24)13-17-10-11-20(23)21(14-17)25-2/h6-14,23H,3-5H2,1-2H3/b18-12+,19-13+. The number of aromatic hydroxyl groups is 1. The first-order valence-electron chi connectivity index (χ1n) is 8.46. The lowest BCUT2D eigenvalue weighted by Gasteiger charge is -2.17. The first-order valence-corrected chi connectivity index (χ1v) is 8.46. The summed E-state index contributed by atoms with van der Waals surface area (Å²) >= 11 is 0. The summed E-state index contributed by atoms with van der Waals surface area (Å²) in [7, 11) is 1.51. The lowest BCUT2D eigenvalue weighted by Crippen LogP contribution is -2.12. The minimum absolute atomic E-state index is 0.0968. The number of rotatable bonds is 3. The van der Waals surface area contributed by atoms with Crippen LogP contribution in [0.2, 0.25) is 0 Å². The van der Waals surface area contributed by atoms with E-state index in [1.54, 1.807) is 18.2 Å². The Morgan fingerprint density at radius 3 is 2.20 bits per heavy atom. The second-order valence-corrected chi connectivity index (χ2v) is 6.36. The molecule has 0 radical (unpaired) electrons. The Balaban J connectivity index is 1.88. The number of carbonyl (C=O) groups excluding carboxylic acids is 1. The summed E-state index contributed by atoms with van der Waals surface area (Å²) in [4.78, 5) is 12.8. The van der Waals surface area contributed by atoms with Crippen molar-refractivity contribution in [1.82, 2.24) is 0 Å². The van der Waals surface area contributed by atoms with E-state index in [0.29, 0.717) is 5.75 Å². The van der Waals surface area contributed by atoms with Crippen molar-refractivity contribution in [2.45, 2.75) is 26.2 Å². The Kier molecular flexibility index (Phi) is 5.03. The van der Waals surface area contributed by atoms with Gasteiger partial charge in [0.25, 0.3) is 0 Å². The maximum atomic E-state index is 12.8. The number of Topliss-reactive ketones (excluding diaryl/α,β-unsaturated/α-hetero) is 1. The monoisotopic (exact) mass is 334 g/mol. The van der Waals surface area contributed by atoms with Crippen LogP contribution in [0.5, 0.6) is 11.5 Å². The van der Waals surface area contributed by atoms with Gasteiger partial charge in [-0.25, -0.2) is 0 Å². The Morgan fingerprint density at radius 2 is 1.56 bits per heavy atom. The van der Waals surface area contributed by atoms with Crippen LogP contribution in [0.25, 0.3) is 12.2 Å². The molecule has 1 aliphatic carbocycles.